The summed E-state index contributed by atoms with van der Waals surface area (Å²) in [6.07, 6.45) is 2.80. The highest BCUT2D eigenvalue weighted by Crippen LogP contribution is 2.41. The van der Waals surface area contributed by atoms with Crippen LogP contribution in [-0.2, 0) is 0 Å². The average Bonchev–Trinajstić information content (AvgIpc) is 2.94. The van der Waals surface area contributed by atoms with E-state index in [9.17, 15) is 0 Å². The Kier molecular flexibility index (Phi) is 3.33. The van der Waals surface area contributed by atoms with Gasteiger partial charge >= 0.3 is 0 Å². The number of hydrogen-bond donors (Lipinski definition) is 1. The quantitative estimate of drug-likeness (QED) is 0.792. The molecule has 3 unspecified atom stereocenters. The molecule has 1 aliphatic heterocycles. The maximum absolute atomic E-state index is 3.69. The predicted octanol–water partition coefficient (Wildman–Crippen LogP) is 2.49. The van der Waals surface area contributed by atoms with Gasteiger partial charge in [0.1, 0.15) is 0 Å². The molecule has 0 aromatic carbocycles. The fraction of sp³-hybridized carbons (Fsp3) is 1.00. The summed E-state index contributed by atoms with van der Waals surface area (Å²) in [5.74, 6) is 1.75. The summed E-state index contributed by atoms with van der Waals surface area (Å²) < 4.78 is 0. The zero-order chi connectivity index (χ0) is 11.9. The van der Waals surface area contributed by atoms with E-state index in [1.165, 1.54) is 19.4 Å². The molecule has 1 saturated carbocycles. The van der Waals surface area contributed by atoms with E-state index in [-0.39, 0.29) is 0 Å². The molecule has 2 fully saturated rings. The van der Waals surface area contributed by atoms with E-state index in [0.717, 1.165) is 30.5 Å². The molecule has 0 bridgehead atoms. The zero-order valence-electron chi connectivity index (χ0n) is 11.6. The predicted molar refractivity (Wildman–Crippen MR) is 69.6 cm³/mol. The van der Waals surface area contributed by atoms with Crippen LogP contribution in [0, 0.1) is 11.8 Å². The van der Waals surface area contributed by atoms with Crippen LogP contribution in [0.1, 0.15) is 47.5 Å². The maximum atomic E-state index is 3.69. The van der Waals surface area contributed by atoms with Gasteiger partial charge in [-0.05, 0) is 32.1 Å². The first kappa shape index (κ1) is 12.4. The Labute approximate surface area is 101 Å². The molecule has 3 atom stereocenters. The number of nitrogens with zero attached hydrogens (tertiary/aromatic N) is 1. The van der Waals surface area contributed by atoms with Gasteiger partial charge in [-0.2, -0.15) is 0 Å². The summed E-state index contributed by atoms with van der Waals surface area (Å²) in [5, 5.41) is 3.69. The molecule has 2 heteroatoms. The molecule has 0 amide bonds. The minimum absolute atomic E-state index is 0.298. The maximum Gasteiger partial charge on any atom is 0.0253 e. The van der Waals surface area contributed by atoms with Crippen LogP contribution >= 0.6 is 0 Å². The van der Waals surface area contributed by atoms with Gasteiger partial charge in [0.25, 0.3) is 0 Å². The van der Waals surface area contributed by atoms with Gasteiger partial charge in [-0.25, -0.2) is 0 Å². The van der Waals surface area contributed by atoms with E-state index < -0.39 is 0 Å². The molecule has 1 saturated heterocycles. The molecule has 2 rings (SSSR count). The Morgan fingerprint density at radius 2 is 2.06 bits per heavy atom. The average molecular weight is 224 g/mol. The topological polar surface area (TPSA) is 15.3 Å². The minimum atomic E-state index is 0.298. The highest BCUT2D eigenvalue weighted by atomic mass is 15.3. The highest BCUT2D eigenvalue weighted by Gasteiger charge is 2.46. The lowest BCUT2D eigenvalue weighted by atomic mass is 9.92. The van der Waals surface area contributed by atoms with Crippen LogP contribution in [0.2, 0.25) is 0 Å². The number of rotatable bonds is 3. The molecule has 1 N–H and O–H groups in total. The SMILES string of the molecule is CCC1CC1N1CC(C)(C)NCC1C(C)C. The van der Waals surface area contributed by atoms with E-state index in [4.69, 9.17) is 0 Å². The van der Waals surface area contributed by atoms with Crippen LogP contribution in [0.5, 0.6) is 0 Å². The van der Waals surface area contributed by atoms with Crippen LogP contribution in [-0.4, -0.2) is 35.6 Å². The van der Waals surface area contributed by atoms with Gasteiger partial charge in [0.05, 0.1) is 0 Å². The molecule has 2 aliphatic rings. The lowest BCUT2D eigenvalue weighted by Crippen LogP contribution is -2.63. The first-order chi connectivity index (χ1) is 7.44. The first-order valence-corrected chi connectivity index (χ1v) is 6.95. The smallest absolute Gasteiger partial charge is 0.0253 e. The van der Waals surface area contributed by atoms with E-state index >= 15 is 0 Å². The fourth-order valence-electron chi connectivity index (χ4n) is 3.19. The Morgan fingerprint density at radius 3 is 2.56 bits per heavy atom. The van der Waals surface area contributed by atoms with Crippen LogP contribution < -0.4 is 5.32 Å². The van der Waals surface area contributed by atoms with Crippen LogP contribution in [0.15, 0.2) is 0 Å². The van der Waals surface area contributed by atoms with Gasteiger partial charge in [0.15, 0.2) is 0 Å². The third-order valence-electron chi connectivity index (χ3n) is 4.40. The van der Waals surface area contributed by atoms with Gasteiger partial charge in [0, 0.05) is 30.7 Å². The van der Waals surface area contributed by atoms with Crippen molar-refractivity contribution in [2.75, 3.05) is 13.1 Å². The van der Waals surface area contributed by atoms with E-state index in [1.54, 1.807) is 0 Å². The number of piperazine rings is 1. The zero-order valence-corrected chi connectivity index (χ0v) is 11.6. The minimum Gasteiger partial charge on any atom is -0.309 e. The monoisotopic (exact) mass is 224 g/mol. The standard InChI is InChI=1S/C14H28N2/c1-6-11-7-12(11)16-9-14(4,5)15-8-13(16)10(2)3/h10-13,15H,6-9H2,1-5H3. The molecule has 0 radical (unpaired) electrons. The highest BCUT2D eigenvalue weighted by molar-refractivity contribution is 5.03. The van der Waals surface area contributed by atoms with Crippen molar-refractivity contribution < 1.29 is 0 Å². The summed E-state index contributed by atoms with van der Waals surface area (Å²) in [4.78, 5) is 2.80. The molecule has 0 aromatic heterocycles. The van der Waals surface area contributed by atoms with Crippen molar-refractivity contribution in [2.24, 2.45) is 11.8 Å². The summed E-state index contributed by atoms with van der Waals surface area (Å²) in [6, 6.07) is 1.63. The Bertz CT molecular complexity index is 247. The summed E-state index contributed by atoms with van der Waals surface area (Å²) >= 11 is 0. The van der Waals surface area contributed by atoms with E-state index in [2.05, 4.69) is 44.8 Å². The molecule has 0 aromatic rings. The van der Waals surface area contributed by atoms with Crippen molar-refractivity contribution in [3.05, 3.63) is 0 Å². The van der Waals surface area contributed by atoms with E-state index in [1.807, 2.05) is 0 Å². The van der Waals surface area contributed by atoms with Crippen LogP contribution in [0.25, 0.3) is 0 Å². The summed E-state index contributed by atoms with van der Waals surface area (Å²) in [5.41, 5.74) is 0.298. The van der Waals surface area contributed by atoms with Gasteiger partial charge in [-0.15, -0.1) is 0 Å². The molecule has 94 valence electrons. The number of hydrogen-bond acceptors (Lipinski definition) is 2. The van der Waals surface area contributed by atoms with Crippen LogP contribution in [0.4, 0.5) is 0 Å². The third kappa shape index (κ3) is 2.43. The molecule has 2 nitrogen and oxygen atoms in total. The fourth-order valence-corrected chi connectivity index (χ4v) is 3.19. The van der Waals surface area contributed by atoms with Crippen molar-refractivity contribution in [1.82, 2.24) is 10.2 Å². The molecular weight excluding hydrogens is 196 g/mol. The van der Waals surface area contributed by atoms with Gasteiger partial charge < -0.3 is 5.32 Å². The van der Waals surface area contributed by atoms with Gasteiger partial charge in [0.2, 0.25) is 0 Å². The molecular formula is C14H28N2. The summed E-state index contributed by atoms with van der Waals surface area (Å²) in [7, 11) is 0. The van der Waals surface area contributed by atoms with Crippen LogP contribution in [0.3, 0.4) is 0 Å². The summed E-state index contributed by atoms with van der Waals surface area (Å²) in [6.45, 7) is 14.1. The number of nitrogens with one attached hydrogen (secondary N) is 1. The lowest BCUT2D eigenvalue weighted by Gasteiger charge is -2.46. The van der Waals surface area contributed by atoms with Crippen molar-refractivity contribution in [1.29, 1.82) is 0 Å². The second-order valence-corrected chi connectivity index (χ2v) is 6.72. The Balaban J connectivity index is 2.04. The lowest BCUT2D eigenvalue weighted by molar-refractivity contribution is 0.0576. The van der Waals surface area contributed by atoms with Gasteiger partial charge in [-0.3, -0.25) is 4.90 Å². The van der Waals surface area contributed by atoms with E-state index in [0.29, 0.717) is 5.54 Å². The normalized spacial score (nSPS) is 39.0. The van der Waals surface area contributed by atoms with Gasteiger partial charge in [-0.1, -0.05) is 27.2 Å². The Hall–Kier alpha value is -0.0800. The molecule has 0 spiro atoms. The Morgan fingerprint density at radius 1 is 1.38 bits per heavy atom. The second-order valence-electron chi connectivity index (χ2n) is 6.72. The van der Waals surface area contributed by atoms with Crippen molar-refractivity contribution >= 4 is 0 Å². The van der Waals surface area contributed by atoms with Crippen molar-refractivity contribution in [2.45, 2.75) is 65.1 Å². The molecule has 1 aliphatic carbocycles. The molecule has 1 heterocycles. The largest absolute Gasteiger partial charge is 0.309 e. The first-order valence-electron chi connectivity index (χ1n) is 6.95. The third-order valence-corrected chi connectivity index (χ3v) is 4.40. The second kappa shape index (κ2) is 4.30. The van der Waals surface area contributed by atoms with Crippen molar-refractivity contribution in [3.63, 3.8) is 0 Å². The van der Waals surface area contributed by atoms with Crippen molar-refractivity contribution in [3.8, 4) is 0 Å². The molecule has 16 heavy (non-hydrogen) atoms.